The summed E-state index contributed by atoms with van der Waals surface area (Å²) in [6, 6.07) is 7.55. The van der Waals surface area contributed by atoms with E-state index in [-0.39, 0.29) is 11.5 Å². The first-order chi connectivity index (χ1) is 10.9. The summed E-state index contributed by atoms with van der Waals surface area (Å²) in [6.45, 7) is 3.85. The van der Waals surface area contributed by atoms with E-state index in [1.54, 1.807) is 24.3 Å². The molecule has 0 saturated carbocycles. The third-order valence-corrected chi connectivity index (χ3v) is 3.38. The topological polar surface area (TPSA) is 85.6 Å². The van der Waals surface area contributed by atoms with Crippen molar-refractivity contribution in [3.05, 3.63) is 46.3 Å². The zero-order valence-corrected chi connectivity index (χ0v) is 13.3. The standard InChI is InChI=1S/C17H19NO5/c1-10(2)8-13(17(21)22-3)18-15(19)12-9-11-6-4-5-7-14(11)23-16(12)20/h4-7,9-10,13H,8H2,1-3H3,(H,18,19). The SMILES string of the molecule is COC(=O)C(CC(C)C)NC(=O)c1cc2ccccc2oc1=O. The van der Waals surface area contributed by atoms with Crippen molar-refractivity contribution in [2.45, 2.75) is 26.3 Å². The first-order valence-electron chi connectivity index (χ1n) is 7.34. The van der Waals surface area contributed by atoms with E-state index in [1.807, 2.05) is 13.8 Å². The fourth-order valence-corrected chi connectivity index (χ4v) is 2.28. The number of para-hydroxylation sites is 1. The second-order valence-electron chi connectivity index (χ2n) is 5.66. The molecule has 1 amide bonds. The monoisotopic (exact) mass is 317 g/mol. The third kappa shape index (κ3) is 3.97. The highest BCUT2D eigenvalue weighted by molar-refractivity contribution is 5.98. The van der Waals surface area contributed by atoms with Gasteiger partial charge in [0.25, 0.3) is 5.91 Å². The van der Waals surface area contributed by atoms with E-state index >= 15 is 0 Å². The minimum Gasteiger partial charge on any atom is -0.467 e. The van der Waals surface area contributed by atoms with Gasteiger partial charge in [-0.3, -0.25) is 4.79 Å². The average molecular weight is 317 g/mol. The van der Waals surface area contributed by atoms with Gasteiger partial charge in [-0.1, -0.05) is 32.0 Å². The van der Waals surface area contributed by atoms with Crippen molar-refractivity contribution >= 4 is 22.8 Å². The Morgan fingerprint density at radius 2 is 1.96 bits per heavy atom. The van der Waals surface area contributed by atoms with Crippen LogP contribution in [0.5, 0.6) is 0 Å². The van der Waals surface area contributed by atoms with Crippen molar-refractivity contribution in [3.8, 4) is 0 Å². The Bertz CT molecular complexity index is 778. The van der Waals surface area contributed by atoms with Crippen LogP contribution in [0.3, 0.4) is 0 Å². The summed E-state index contributed by atoms with van der Waals surface area (Å²) in [7, 11) is 1.26. The number of nitrogens with one attached hydrogen (secondary N) is 1. The van der Waals surface area contributed by atoms with E-state index in [1.165, 1.54) is 13.2 Å². The smallest absolute Gasteiger partial charge is 0.349 e. The van der Waals surface area contributed by atoms with Crippen LogP contribution in [0.15, 0.2) is 39.5 Å². The zero-order chi connectivity index (χ0) is 17.0. The molecule has 1 heterocycles. The molecule has 2 rings (SSSR count). The van der Waals surface area contributed by atoms with Gasteiger partial charge < -0.3 is 14.5 Å². The van der Waals surface area contributed by atoms with E-state index in [4.69, 9.17) is 9.15 Å². The molecule has 6 nitrogen and oxygen atoms in total. The molecule has 6 heteroatoms. The van der Waals surface area contributed by atoms with Crippen LogP contribution >= 0.6 is 0 Å². The Morgan fingerprint density at radius 3 is 2.61 bits per heavy atom. The van der Waals surface area contributed by atoms with E-state index in [9.17, 15) is 14.4 Å². The Labute approximate surface area is 133 Å². The van der Waals surface area contributed by atoms with Gasteiger partial charge in [-0.05, 0) is 24.5 Å². The molecule has 1 unspecified atom stereocenters. The molecule has 0 saturated heterocycles. The summed E-state index contributed by atoms with van der Waals surface area (Å²) in [5, 5.41) is 3.18. The molecule has 0 bridgehead atoms. The lowest BCUT2D eigenvalue weighted by Gasteiger charge is -2.18. The molecule has 1 atom stereocenters. The van der Waals surface area contributed by atoms with Gasteiger partial charge in [-0.25, -0.2) is 9.59 Å². The quantitative estimate of drug-likeness (QED) is 0.674. The largest absolute Gasteiger partial charge is 0.467 e. The summed E-state index contributed by atoms with van der Waals surface area (Å²) >= 11 is 0. The molecule has 0 fully saturated rings. The lowest BCUT2D eigenvalue weighted by molar-refractivity contribution is -0.143. The number of methoxy groups -OCH3 is 1. The molecule has 0 spiro atoms. The molecule has 0 aliphatic heterocycles. The van der Waals surface area contributed by atoms with Crippen molar-refractivity contribution in [2.24, 2.45) is 5.92 Å². The van der Waals surface area contributed by atoms with E-state index in [0.717, 1.165) is 0 Å². The normalized spacial score (nSPS) is 12.2. The summed E-state index contributed by atoms with van der Waals surface area (Å²) in [4.78, 5) is 36.1. The predicted molar refractivity (Wildman–Crippen MR) is 85.2 cm³/mol. The van der Waals surface area contributed by atoms with Gasteiger partial charge in [0.15, 0.2) is 0 Å². The Kier molecular flexibility index (Phi) is 5.16. The minimum absolute atomic E-state index is 0.138. The van der Waals surface area contributed by atoms with Crippen molar-refractivity contribution in [3.63, 3.8) is 0 Å². The van der Waals surface area contributed by atoms with Gasteiger partial charge in [0, 0.05) is 5.39 Å². The molecular formula is C17H19NO5. The van der Waals surface area contributed by atoms with Crippen LogP contribution in [0, 0.1) is 5.92 Å². The second-order valence-corrected chi connectivity index (χ2v) is 5.66. The van der Waals surface area contributed by atoms with Crippen molar-refractivity contribution in [1.82, 2.24) is 5.32 Å². The van der Waals surface area contributed by atoms with Crippen LogP contribution in [0.1, 0.15) is 30.6 Å². The van der Waals surface area contributed by atoms with Gasteiger partial charge in [0.1, 0.15) is 17.2 Å². The van der Waals surface area contributed by atoms with Gasteiger partial charge >= 0.3 is 11.6 Å². The average Bonchev–Trinajstić information content (AvgIpc) is 2.52. The lowest BCUT2D eigenvalue weighted by Crippen LogP contribution is -2.43. The van der Waals surface area contributed by atoms with E-state index in [2.05, 4.69) is 5.32 Å². The van der Waals surface area contributed by atoms with Gasteiger partial charge in [0.05, 0.1) is 7.11 Å². The zero-order valence-electron chi connectivity index (χ0n) is 13.3. The number of benzene rings is 1. The predicted octanol–water partition coefficient (Wildman–Crippen LogP) is 2.11. The molecular weight excluding hydrogens is 298 g/mol. The summed E-state index contributed by atoms with van der Waals surface area (Å²) in [5.74, 6) is -1.02. The molecule has 1 aromatic heterocycles. The van der Waals surface area contributed by atoms with Crippen molar-refractivity contribution < 1.29 is 18.7 Å². The fraction of sp³-hybridized carbons (Fsp3) is 0.353. The highest BCUT2D eigenvalue weighted by atomic mass is 16.5. The lowest BCUT2D eigenvalue weighted by atomic mass is 10.0. The molecule has 1 aromatic carbocycles. The van der Waals surface area contributed by atoms with Crippen LogP contribution in [0.25, 0.3) is 11.0 Å². The fourth-order valence-electron chi connectivity index (χ4n) is 2.28. The maximum atomic E-state index is 12.3. The summed E-state index contributed by atoms with van der Waals surface area (Å²) in [5.41, 5.74) is -0.475. The number of carbonyl (C=O) groups excluding carboxylic acids is 2. The van der Waals surface area contributed by atoms with Crippen LogP contribution in [-0.2, 0) is 9.53 Å². The number of rotatable bonds is 5. The van der Waals surface area contributed by atoms with Crippen molar-refractivity contribution in [1.29, 1.82) is 0 Å². The molecule has 0 radical (unpaired) electrons. The molecule has 23 heavy (non-hydrogen) atoms. The highest BCUT2D eigenvalue weighted by Gasteiger charge is 2.24. The molecule has 1 N–H and O–H groups in total. The highest BCUT2D eigenvalue weighted by Crippen LogP contribution is 2.13. The van der Waals surface area contributed by atoms with Crippen LogP contribution in [-0.4, -0.2) is 25.0 Å². The van der Waals surface area contributed by atoms with E-state index < -0.39 is 23.5 Å². The van der Waals surface area contributed by atoms with Gasteiger partial charge in [0.2, 0.25) is 0 Å². The number of hydrogen-bond acceptors (Lipinski definition) is 5. The van der Waals surface area contributed by atoms with Crippen LogP contribution in [0.4, 0.5) is 0 Å². The maximum absolute atomic E-state index is 12.3. The minimum atomic E-state index is -0.807. The molecule has 122 valence electrons. The number of amides is 1. The Hall–Kier alpha value is -2.63. The molecule has 0 aliphatic carbocycles. The van der Waals surface area contributed by atoms with Crippen LogP contribution in [0.2, 0.25) is 0 Å². The van der Waals surface area contributed by atoms with Crippen LogP contribution < -0.4 is 10.9 Å². The molecule has 2 aromatic rings. The van der Waals surface area contributed by atoms with Gasteiger partial charge in [-0.15, -0.1) is 0 Å². The Morgan fingerprint density at radius 1 is 1.26 bits per heavy atom. The number of ether oxygens (including phenoxy) is 1. The van der Waals surface area contributed by atoms with Crippen molar-refractivity contribution in [2.75, 3.05) is 7.11 Å². The third-order valence-electron chi connectivity index (χ3n) is 3.38. The number of esters is 1. The first-order valence-corrected chi connectivity index (χ1v) is 7.34. The van der Waals surface area contributed by atoms with E-state index in [0.29, 0.717) is 17.4 Å². The maximum Gasteiger partial charge on any atom is 0.349 e. The van der Waals surface area contributed by atoms with Gasteiger partial charge in [-0.2, -0.15) is 0 Å². The summed E-state index contributed by atoms with van der Waals surface area (Å²) in [6.07, 6.45) is 0.414. The number of hydrogen-bond donors (Lipinski definition) is 1. The Balaban J connectivity index is 2.30. The second kappa shape index (κ2) is 7.09. The summed E-state index contributed by atoms with van der Waals surface area (Å²) < 4.78 is 9.83. The first kappa shape index (κ1) is 16.7. The number of fused-ring (bicyclic) bond motifs is 1. The molecule has 0 aliphatic rings. The number of carbonyl (C=O) groups is 2.